The number of ether oxygens (including phenoxy) is 1. The Labute approximate surface area is 243 Å². The van der Waals surface area contributed by atoms with Crippen molar-refractivity contribution in [3.8, 4) is 11.8 Å². The first kappa shape index (κ1) is 32.9. The Morgan fingerprint density at radius 2 is 1.74 bits per heavy atom. The van der Waals surface area contributed by atoms with Crippen LogP contribution in [0.2, 0.25) is 0 Å². The second-order valence-electron chi connectivity index (χ2n) is 11.5. The molecule has 2 fully saturated rings. The molecule has 1 saturated heterocycles. The number of benzene rings is 1. The molecule has 0 spiro atoms. The number of halogens is 1. The molecule has 1 aliphatic carbocycles. The van der Waals surface area contributed by atoms with Gasteiger partial charge >= 0.3 is 0 Å². The number of hydrogen-bond acceptors (Lipinski definition) is 4. The Hall–Kier alpha value is -2.35. The van der Waals surface area contributed by atoms with E-state index in [0.717, 1.165) is 54.2 Å². The zero-order chi connectivity index (χ0) is 29.0. The fraction of sp³-hybridized carbons (Fsp3) is 0.588. The first-order valence-corrected chi connectivity index (χ1v) is 15.0. The van der Waals surface area contributed by atoms with Gasteiger partial charge in [0.15, 0.2) is 11.7 Å². The van der Waals surface area contributed by atoms with Crippen LogP contribution >= 0.6 is 11.6 Å². The van der Waals surface area contributed by atoms with Gasteiger partial charge in [-0.3, -0.25) is 0 Å². The van der Waals surface area contributed by atoms with E-state index in [1.165, 1.54) is 12.8 Å². The van der Waals surface area contributed by atoms with Crippen molar-refractivity contribution >= 4 is 24.2 Å². The van der Waals surface area contributed by atoms with E-state index in [9.17, 15) is 0 Å². The first-order chi connectivity index (χ1) is 18.6. The Balaban J connectivity index is 0.00000260. The van der Waals surface area contributed by atoms with Crippen LogP contribution in [-0.4, -0.2) is 43.3 Å². The maximum Gasteiger partial charge on any atom is 0.186 e. The van der Waals surface area contributed by atoms with Crippen molar-refractivity contribution in [3.63, 3.8) is 0 Å². The summed E-state index contributed by atoms with van der Waals surface area (Å²) in [5, 5.41) is 0.723. The summed E-state index contributed by atoms with van der Waals surface area (Å²) < 4.78 is 6.04. The van der Waals surface area contributed by atoms with Gasteiger partial charge in [-0.2, -0.15) is 4.99 Å². The topological polar surface area (TPSA) is 37.2 Å². The average molecular weight is 552 g/mol. The summed E-state index contributed by atoms with van der Waals surface area (Å²) in [4.78, 5) is 11.2. The van der Waals surface area contributed by atoms with E-state index in [-0.39, 0.29) is 6.10 Å². The van der Waals surface area contributed by atoms with Crippen molar-refractivity contribution in [3.05, 3.63) is 57.9 Å². The highest BCUT2D eigenvalue weighted by molar-refractivity contribution is 6.29. The number of rotatable bonds is 7. The molecule has 5 heteroatoms. The number of hydrogen-bond donors (Lipinski definition) is 0. The predicted octanol–water partition coefficient (Wildman–Crippen LogP) is 8.65. The lowest BCUT2D eigenvalue weighted by Gasteiger charge is -2.43. The minimum Gasteiger partial charge on any atom is -0.478 e. The van der Waals surface area contributed by atoms with Gasteiger partial charge in [0.05, 0.1) is 0 Å². The predicted molar refractivity (Wildman–Crippen MR) is 170 cm³/mol. The summed E-state index contributed by atoms with van der Waals surface area (Å²) >= 11 is 6.60. The van der Waals surface area contributed by atoms with Crippen LogP contribution in [0.3, 0.4) is 0 Å². The molecule has 1 aromatic carbocycles. The average Bonchev–Trinajstić information content (AvgIpc) is 2.89. The third kappa shape index (κ3) is 11.0. The lowest BCUT2D eigenvalue weighted by Crippen LogP contribution is -2.39. The molecule has 3 rings (SSSR count). The summed E-state index contributed by atoms with van der Waals surface area (Å²) in [6.07, 6.45) is 7.28. The second kappa shape index (κ2) is 16.0. The van der Waals surface area contributed by atoms with Crippen molar-refractivity contribution in [1.29, 1.82) is 0 Å². The fourth-order valence-corrected chi connectivity index (χ4v) is 5.18. The normalized spacial score (nSPS) is 21.5. The van der Waals surface area contributed by atoms with Crippen molar-refractivity contribution in [1.82, 2.24) is 4.90 Å². The molecule has 0 atom stereocenters. The van der Waals surface area contributed by atoms with Crippen molar-refractivity contribution < 1.29 is 4.74 Å². The van der Waals surface area contributed by atoms with Crippen LogP contribution in [0.1, 0.15) is 92.2 Å². The third-order valence-corrected chi connectivity index (χ3v) is 7.82. The number of piperidine rings is 1. The molecule has 1 heterocycles. The lowest BCUT2D eigenvalue weighted by molar-refractivity contribution is -0.000759. The molecular formula is C34H50ClN3O. The standard InChI is InChI=1S/C32H44ClN3O.C2H6/c1-8-36-17-15-26(16-18-36)10-9-25-11-13-27(14-12-25)20-29(33)19-23(2)31(34-7)35-24(3)37-30-21-28(22-30)32(4,5)6;1-2/h11-14,19,26,28,30H,7-8,15-18,20-22H2,1-6H3;1-2H3/b29-19+,31-23+,35-24+;. The molecule has 0 bridgehead atoms. The third-order valence-electron chi connectivity index (χ3n) is 7.58. The minimum atomic E-state index is 0.236. The van der Waals surface area contributed by atoms with Crippen molar-refractivity contribution in [2.75, 3.05) is 19.6 Å². The van der Waals surface area contributed by atoms with Gasteiger partial charge in [-0.05, 0) is 99.6 Å². The van der Waals surface area contributed by atoms with E-state index >= 15 is 0 Å². The van der Waals surface area contributed by atoms with Gasteiger partial charge in [0.25, 0.3) is 0 Å². The molecular weight excluding hydrogens is 502 g/mol. The van der Waals surface area contributed by atoms with E-state index in [4.69, 9.17) is 16.3 Å². The van der Waals surface area contributed by atoms with E-state index in [1.807, 2.05) is 33.8 Å². The Morgan fingerprint density at radius 3 is 2.28 bits per heavy atom. The fourth-order valence-electron chi connectivity index (χ4n) is 4.86. The molecule has 4 nitrogen and oxygen atoms in total. The molecule has 1 saturated carbocycles. The second-order valence-corrected chi connectivity index (χ2v) is 12.0. The SMILES string of the molecule is C=NC(/N=C(\C)OC1CC(C(C)(C)C)C1)=C(C)\C=C(\Cl)Cc1ccc(C#CC2CCN(CC)CC2)cc1.CC. The summed E-state index contributed by atoms with van der Waals surface area (Å²) in [5.41, 5.74) is 3.39. The smallest absolute Gasteiger partial charge is 0.186 e. The van der Waals surface area contributed by atoms with Gasteiger partial charge < -0.3 is 9.64 Å². The highest BCUT2D eigenvalue weighted by Crippen LogP contribution is 2.42. The van der Waals surface area contributed by atoms with E-state index in [0.29, 0.717) is 35.4 Å². The maximum atomic E-state index is 6.60. The van der Waals surface area contributed by atoms with Crippen molar-refractivity contribution in [2.45, 2.75) is 93.6 Å². The largest absolute Gasteiger partial charge is 0.478 e. The summed E-state index contributed by atoms with van der Waals surface area (Å²) in [6.45, 7) is 24.1. The Morgan fingerprint density at radius 1 is 1.13 bits per heavy atom. The van der Waals surface area contributed by atoms with Crippen molar-refractivity contribution in [2.24, 2.45) is 27.2 Å². The molecule has 0 radical (unpaired) electrons. The zero-order valence-electron chi connectivity index (χ0n) is 25.6. The van der Waals surface area contributed by atoms with Crippen LogP contribution in [0.25, 0.3) is 0 Å². The van der Waals surface area contributed by atoms with Gasteiger partial charge in [-0.1, -0.05) is 77.1 Å². The highest BCUT2D eigenvalue weighted by Gasteiger charge is 2.38. The van der Waals surface area contributed by atoms with Crippen LogP contribution in [0.4, 0.5) is 0 Å². The molecule has 1 aliphatic heterocycles. The van der Waals surface area contributed by atoms with Crippen LogP contribution in [0, 0.1) is 29.1 Å². The number of aliphatic imine (C=N–C) groups is 2. The van der Waals surface area contributed by atoms with E-state index in [2.05, 4.69) is 85.4 Å². The maximum absolute atomic E-state index is 6.60. The van der Waals surface area contributed by atoms with E-state index < -0.39 is 0 Å². The van der Waals surface area contributed by atoms with Crippen LogP contribution in [0.15, 0.2) is 56.8 Å². The summed E-state index contributed by atoms with van der Waals surface area (Å²) in [5.74, 6) is 9.20. The number of likely N-dealkylation sites (tertiary alicyclic amines) is 1. The lowest BCUT2D eigenvalue weighted by atomic mass is 9.67. The Kier molecular flexibility index (Phi) is 13.5. The molecule has 0 aromatic heterocycles. The van der Waals surface area contributed by atoms with E-state index in [1.54, 1.807) is 0 Å². The van der Waals surface area contributed by atoms with Gasteiger partial charge in [-0.25, -0.2) is 4.99 Å². The van der Waals surface area contributed by atoms with Gasteiger partial charge in [0, 0.05) is 29.9 Å². The monoisotopic (exact) mass is 551 g/mol. The molecule has 2 aliphatic rings. The first-order valence-electron chi connectivity index (χ1n) is 14.7. The van der Waals surface area contributed by atoms with Gasteiger partial charge in [0.2, 0.25) is 0 Å². The Bertz CT molecular complexity index is 1070. The quantitative estimate of drug-likeness (QED) is 0.147. The number of nitrogens with zero attached hydrogens (tertiary/aromatic N) is 3. The van der Waals surface area contributed by atoms with Crippen LogP contribution in [-0.2, 0) is 11.2 Å². The molecule has 39 heavy (non-hydrogen) atoms. The molecule has 1 aromatic rings. The zero-order valence-corrected chi connectivity index (χ0v) is 26.4. The van der Waals surface area contributed by atoms with Crippen LogP contribution < -0.4 is 0 Å². The highest BCUT2D eigenvalue weighted by atomic mass is 35.5. The minimum absolute atomic E-state index is 0.236. The van der Waals surface area contributed by atoms with Gasteiger partial charge in [-0.15, -0.1) is 0 Å². The van der Waals surface area contributed by atoms with Gasteiger partial charge in [0.1, 0.15) is 6.10 Å². The molecule has 214 valence electrons. The molecule has 0 N–H and O–H groups in total. The van der Waals surface area contributed by atoms with Crippen LogP contribution in [0.5, 0.6) is 0 Å². The molecule has 0 amide bonds. The summed E-state index contributed by atoms with van der Waals surface area (Å²) in [6, 6.07) is 8.38. The summed E-state index contributed by atoms with van der Waals surface area (Å²) in [7, 11) is 0. The molecule has 0 unspecified atom stereocenters. The number of allylic oxidation sites excluding steroid dienone is 3.